The van der Waals surface area contributed by atoms with Crippen LogP contribution in [0.4, 0.5) is 5.13 Å². The van der Waals surface area contributed by atoms with Crippen molar-refractivity contribution in [1.29, 1.82) is 0 Å². The van der Waals surface area contributed by atoms with Gasteiger partial charge in [0.2, 0.25) is 11.2 Å². The van der Waals surface area contributed by atoms with Gasteiger partial charge in [-0.25, -0.2) is 9.78 Å². The molecule has 4 rings (SSSR count). The molecule has 0 aliphatic carbocycles. The van der Waals surface area contributed by atoms with Crippen molar-refractivity contribution in [2.24, 2.45) is 0 Å². The summed E-state index contributed by atoms with van der Waals surface area (Å²) < 4.78 is 17.6. The zero-order valence-corrected chi connectivity index (χ0v) is 24.6. The highest BCUT2D eigenvalue weighted by molar-refractivity contribution is 7.17. The van der Waals surface area contributed by atoms with Gasteiger partial charge in [0.1, 0.15) is 10.5 Å². The average Bonchev–Trinajstić information content (AvgIpc) is 3.27. The van der Waals surface area contributed by atoms with Crippen molar-refractivity contribution in [3.8, 4) is 17.1 Å². The predicted octanol–water partition coefficient (Wildman–Crippen LogP) is 6.88. The maximum atomic E-state index is 13.6. The standard InChI is InChI=1S/C31H34N2O6S/c1-8-22(28(35)33-30-32-18(4)27(40-30)29(36)37-17(2)3)38-26-24(34)21-11-9-10-12-23(21)39-25(26)19-13-15-20(16-14-19)31(5,6)7/h9-17,22H,8H2,1-7H3,(H,32,33,35). The van der Waals surface area contributed by atoms with E-state index < -0.39 is 18.0 Å². The molecule has 0 aliphatic heterocycles. The first-order valence-corrected chi connectivity index (χ1v) is 14.0. The third-order valence-corrected chi connectivity index (χ3v) is 7.30. The molecular weight excluding hydrogens is 528 g/mol. The third-order valence-electron chi connectivity index (χ3n) is 6.25. The number of amides is 1. The summed E-state index contributed by atoms with van der Waals surface area (Å²) >= 11 is 1.03. The molecule has 0 saturated heterocycles. The van der Waals surface area contributed by atoms with E-state index in [0.29, 0.717) is 27.1 Å². The summed E-state index contributed by atoms with van der Waals surface area (Å²) in [5, 5.41) is 3.32. The number of thiazole rings is 1. The number of benzene rings is 2. The number of aryl methyl sites for hydroxylation is 1. The van der Waals surface area contributed by atoms with Crippen molar-refractivity contribution >= 4 is 39.3 Å². The zero-order chi connectivity index (χ0) is 29.2. The van der Waals surface area contributed by atoms with Crippen LogP contribution in [0.3, 0.4) is 0 Å². The minimum atomic E-state index is -1.02. The molecule has 1 N–H and O–H groups in total. The van der Waals surface area contributed by atoms with E-state index in [1.807, 2.05) is 24.3 Å². The highest BCUT2D eigenvalue weighted by atomic mass is 32.1. The van der Waals surface area contributed by atoms with Crippen LogP contribution in [0, 0.1) is 6.92 Å². The van der Waals surface area contributed by atoms with Crippen molar-refractivity contribution in [3.63, 3.8) is 0 Å². The number of nitrogens with one attached hydrogen (secondary N) is 1. The van der Waals surface area contributed by atoms with Gasteiger partial charge in [-0.3, -0.25) is 14.9 Å². The van der Waals surface area contributed by atoms with E-state index in [0.717, 1.165) is 16.9 Å². The fourth-order valence-electron chi connectivity index (χ4n) is 4.10. The fourth-order valence-corrected chi connectivity index (χ4v) is 4.95. The second-order valence-electron chi connectivity index (χ2n) is 10.8. The van der Waals surface area contributed by atoms with E-state index in [-0.39, 0.29) is 40.0 Å². The topological polar surface area (TPSA) is 108 Å². The zero-order valence-electron chi connectivity index (χ0n) is 23.8. The minimum absolute atomic E-state index is 0.0410. The Morgan fingerprint density at radius 1 is 1.07 bits per heavy atom. The molecule has 0 radical (unpaired) electrons. The summed E-state index contributed by atoms with van der Waals surface area (Å²) in [6, 6.07) is 14.7. The lowest BCUT2D eigenvalue weighted by molar-refractivity contribution is -0.122. The van der Waals surface area contributed by atoms with Gasteiger partial charge in [-0.2, -0.15) is 0 Å². The first-order valence-electron chi connectivity index (χ1n) is 13.2. The lowest BCUT2D eigenvalue weighted by atomic mass is 9.86. The molecule has 4 aromatic rings. The highest BCUT2D eigenvalue weighted by Gasteiger charge is 2.27. The van der Waals surface area contributed by atoms with Crippen molar-refractivity contribution in [2.45, 2.75) is 72.5 Å². The van der Waals surface area contributed by atoms with E-state index in [4.69, 9.17) is 13.9 Å². The van der Waals surface area contributed by atoms with Crippen LogP contribution in [-0.4, -0.2) is 29.1 Å². The summed E-state index contributed by atoms with van der Waals surface area (Å²) in [5.74, 6) is -0.786. The predicted molar refractivity (Wildman–Crippen MR) is 157 cm³/mol. The van der Waals surface area contributed by atoms with E-state index in [1.165, 1.54) is 0 Å². The Labute approximate surface area is 237 Å². The lowest BCUT2D eigenvalue weighted by Gasteiger charge is -2.20. The first kappa shape index (κ1) is 29.0. The van der Waals surface area contributed by atoms with Crippen LogP contribution < -0.4 is 15.5 Å². The maximum absolute atomic E-state index is 13.6. The molecule has 1 atom stereocenters. The Bertz CT molecular complexity index is 1600. The Kier molecular flexibility index (Phi) is 8.44. The molecule has 1 unspecified atom stereocenters. The molecule has 0 spiro atoms. The van der Waals surface area contributed by atoms with Gasteiger partial charge in [0.05, 0.1) is 17.2 Å². The normalized spacial score (nSPS) is 12.4. The summed E-state index contributed by atoms with van der Waals surface area (Å²) in [5.41, 5.74) is 2.25. The second-order valence-corrected chi connectivity index (χ2v) is 11.8. The molecule has 0 saturated carbocycles. The van der Waals surface area contributed by atoms with Gasteiger partial charge in [0.25, 0.3) is 5.91 Å². The third kappa shape index (κ3) is 6.25. The van der Waals surface area contributed by atoms with Gasteiger partial charge in [0.15, 0.2) is 17.0 Å². The van der Waals surface area contributed by atoms with Crippen molar-refractivity contribution in [3.05, 3.63) is 74.9 Å². The highest BCUT2D eigenvalue weighted by Crippen LogP contribution is 2.34. The number of carbonyl (C=O) groups excluding carboxylic acids is 2. The summed E-state index contributed by atoms with van der Waals surface area (Å²) in [7, 11) is 0. The van der Waals surface area contributed by atoms with Crippen molar-refractivity contribution < 1.29 is 23.5 Å². The van der Waals surface area contributed by atoms with Crippen LogP contribution in [0.1, 0.15) is 68.9 Å². The van der Waals surface area contributed by atoms with Gasteiger partial charge >= 0.3 is 5.97 Å². The molecule has 9 heteroatoms. The first-order chi connectivity index (χ1) is 18.9. The molecule has 210 valence electrons. The Hall–Kier alpha value is -3.98. The molecule has 2 aromatic heterocycles. The van der Waals surface area contributed by atoms with E-state index >= 15 is 0 Å². The molecule has 2 aromatic carbocycles. The Morgan fingerprint density at radius 2 is 1.75 bits per heavy atom. The molecule has 2 heterocycles. The maximum Gasteiger partial charge on any atom is 0.350 e. The molecule has 1 amide bonds. The number of ether oxygens (including phenoxy) is 2. The number of carbonyl (C=O) groups is 2. The van der Waals surface area contributed by atoms with Crippen LogP contribution in [0.5, 0.6) is 5.75 Å². The number of hydrogen-bond acceptors (Lipinski definition) is 8. The number of fused-ring (bicyclic) bond motifs is 1. The number of para-hydroxylation sites is 1. The monoisotopic (exact) mass is 562 g/mol. The molecule has 0 aliphatic rings. The van der Waals surface area contributed by atoms with Gasteiger partial charge < -0.3 is 13.9 Å². The number of aromatic nitrogens is 1. The van der Waals surface area contributed by atoms with Crippen LogP contribution >= 0.6 is 11.3 Å². The average molecular weight is 563 g/mol. The number of esters is 1. The smallest absolute Gasteiger partial charge is 0.350 e. The van der Waals surface area contributed by atoms with E-state index in [1.54, 1.807) is 52.0 Å². The lowest BCUT2D eigenvalue weighted by Crippen LogP contribution is -2.34. The SMILES string of the molecule is CCC(Oc1c(-c2ccc(C(C)(C)C)cc2)oc2ccccc2c1=O)C(=O)Nc1nc(C)c(C(=O)OC(C)C)s1. The van der Waals surface area contributed by atoms with Crippen LogP contribution in [0.25, 0.3) is 22.3 Å². The molecule has 0 fully saturated rings. The van der Waals surface area contributed by atoms with Gasteiger partial charge in [-0.1, -0.05) is 75.4 Å². The summed E-state index contributed by atoms with van der Waals surface area (Å²) in [6.07, 6.45) is -1.03. The Balaban J connectivity index is 1.68. The van der Waals surface area contributed by atoms with E-state index in [9.17, 15) is 14.4 Å². The van der Waals surface area contributed by atoms with Crippen molar-refractivity contribution in [1.82, 2.24) is 4.98 Å². The van der Waals surface area contributed by atoms with E-state index in [2.05, 4.69) is 31.1 Å². The van der Waals surface area contributed by atoms with Crippen molar-refractivity contribution in [2.75, 3.05) is 5.32 Å². The van der Waals surface area contributed by atoms with Gasteiger partial charge in [0, 0.05) is 5.56 Å². The molecular formula is C31H34N2O6S. The molecule has 40 heavy (non-hydrogen) atoms. The number of anilines is 1. The van der Waals surface area contributed by atoms with Gasteiger partial charge in [-0.15, -0.1) is 0 Å². The molecule has 0 bridgehead atoms. The summed E-state index contributed by atoms with van der Waals surface area (Å²) in [4.78, 5) is 43.9. The second kappa shape index (κ2) is 11.6. The largest absolute Gasteiger partial charge is 0.473 e. The molecule has 8 nitrogen and oxygen atoms in total. The van der Waals surface area contributed by atoms with Gasteiger partial charge in [-0.05, 0) is 50.3 Å². The quantitative estimate of drug-likeness (QED) is 0.233. The number of nitrogens with zero attached hydrogens (tertiary/aromatic N) is 1. The minimum Gasteiger partial charge on any atom is -0.473 e. The number of rotatable bonds is 8. The fraction of sp³-hybridized carbons (Fsp3) is 0.355. The summed E-state index contributed by atoms with van der Waals surface area (Å²) in [6.45, 7) is 13.3. The van der Waals surface area contributed by atoms with Crippen LogP contribution in [-0.2, 0) is 14.9 Å². The number of hydrogen-bond donors (Lipinski definition) is 1. The Morgan fingerprint density at radius 3 is 2.38 bits per heavy atom. The van der Waals surface area contributed by atoms with Crippen LogP contribution in [0.15, 0.2) is 57.7 Å². The van der Waals surface area contributed by atoms with Crippen LogP contribution in [0.2, 0.25) is 0 Å².